The van der Waals surface area contributed by atoms with Crippen LogP contribution in [0.15, 0.2) is 18.2 Å². The topological polar surface area (TPSA) is 34.1 Å². The molecular formula is C14H18O2. The van der Waals surface area contributed by atoms with Gasteiger partial charge in [-0.1, -0.05) is 25.1 Å². The van der Waals surface area contributed by atoms with Gasteiger partial charge in [0.2, 0.25) is 0 Å². The molecule has 0 spiro atoms. The van der Waals surface area contributed by atoms with Crippen LogP contribution in [-0.4, -0.2) is 11.6 Å². The van der Waals surface area contributed by atoms with E-state index in [9.17, 15) is 9.59 Å². The van der Waals surface area contributed by atoms with Gasteiger partial charge >= 0.3 is 0 Å². The zero-order chi connectivity index (χ0) is 12.1. The van der Waals surface area contributed by atoms with Crippen LogP contribution in [0.25, 0.3) is 0 Å². The quantitative estimate of drug-likeness (QED) is 0.561. The second kappa shape index (κ2) is 5.59. The molecule has 0 aliphatic heterocycles. The Hall–Kier alpha value is -1.44. The largest absolute Gasteiger partial charge is 0.299 e. The maximum absolute atomic E-state index is 11.9. The molecule has 0 saturated heterocycles. The molecule has 86 valence electrons. The predicted octanol–water partition coefficient (Wildman–Crippen LogP) is 3.25. The van der Waals surface area contributed by atoms with Crippen LogP contribution in [0.1, 0.15) is 47.7 Å². The average molecular weight is 218 g/mol. The second-order valence-corrected chi connectivity index (χ2v) is 4.14. The summed E-state index contributed by atoms with van der Waals surface area (Å²) in [5.41, 5.74) is 2.76. The van der Waals surface area contributed by atoms with E-state index in [1.54, 1.807) is 6.07 Å². The van der Waals surface area contributed by atoms with E-state index in [0.29, 0.717) is 12.0 Å². The summed E-state index contributed by atoms with van der Waals surface area (Å²) in [5.74, 6) is -0.0203. The van der Waals surface area contributed by atoms with Crippen molar-refractivity contribution in [1.82, 2.24) is 0 Å². The van der Waals surface area contributed by atoms with Crippen molar-refractivity contribution < 1.29 is 9.59 Å². The molecule has 2 heteroatoms. The van der Waals surface area contributed by atoms with Gasteiger partial charge < -0.3 is 0 Å². The van der Waals surface area contributed by atoms with E-state index in [1.165, 1.54) is 0 Å². The third kappa shape index (κ3) is 3.02. The molecule has 0 unspecified atom stereocenters. The Morgan fingerprint density at radius 1 is 1.19 bits per heavy atom. The predicted molar refractivity (Wildman–Crippen MR) is 64.8 cm³/mol. The third-order valence-corrected chi connectivity index (χ3v) is 2.79. The van der Waals surface area contributed by atoms with Gasteiger partial charge in [-0.3, -0.25) is 9.59 Å². The van der Waals surface area contributed by atoms with Crippen LogP contribution >= 0.6 is 0 Å². The van der Waals surface area contributed by atoms with Crippen molar-refractivity contribution >= 4 is 11.6 Å². The van der Waals surface area contributed by atoms with Crippen LogP contribution in [0, 0.1) is 13.8 Å². The SMILES string of the molecule is CCCC(=O)CC(=O)c1cccc(C)c1C. The van der Waals surface area contributed by atoms with Gasteiger partial charge in [-0.15, -0.1) is 0 Å². The zero-order valence-corrected chi connectivity index (χ0v) is 10.2. The molecule has 0 amide bonds. The van der Waals surface area contributed by atoms with Gasteiger partial charge in [0.25, 0.3) is 0 Å². The number of hydrogen-bond acceptors (Lipinski definition) is 2. The van der Waals surface area contributed by atoms with Crippen LogP contribution in [0.4, 0.5) is 0 Å². The molecular weight excluding hydrogens is 200 g/mol. The summed E-state index contributed by atoms with van der Waals surface area (Å²) in [4.78, 5) is 23.3. The van der Waals surface area contributed by atoms with Crippen LogP contribution in [-0.2, 0) is 4.79 Å². The Labute approximate surface area is 96.7 Å². The molecule has 0 atom stereocenters. The highest BCUT2D eigenvalue weighted by atomic mass is 16.1. The molecule has 0 saturated carbocycles. The first-order valence-electron chi connectivity index (χ1n) is 5.67. The maximum Gasteiger partial charge on any atom is 0.170 e. The summed E-state index contributed by atoms with van der Waals surface area (Å²) in [6.07, 6.45) is 1.34. The lowest BCUT2D eigenvalue weighted by Gasteiger charge is -2.06. The summed E-state index contributed by atoms with van der Waals surface area (Å²) >= 11 is 0. The first kappa shape index (κ1) is 12.6. The van der Waals surface area contributed by atoms with Gasteiger partial charge in [-0.2, -0.15) is 0 Å². The minimum absolute atomic E-state index is 0.0356. The first-order chi connectivity index (χ1) is 7.56. The van der Waals surface area contributed by atoms with Crippen molar-refractivity contribution in [3.8, 4) is 0 Å². The van der Waals surface area contributed by atoms with Crippen molar-refractivity contribution in [2.45, 2.75) is 40.0 Å². The van der Waals surface area contributed by atoms with E-state index >= 15 is 0 Å². The molecule has 1 aromatic carbocycles. The number of Topliss-reactive ketones (excluding diaryl/α,β-unsaturated/α-hetero) is 2. The van der Waals surface area contributed by atoms with Crippen LogP contribution in [0.2, 0.25) is 0 Å². The van der Waals surface area contributed by atoms with Crippen molar-refractivity contribution in [3.63, 3.8) is 0 Å². The number of ketones is 2. The fraction of sp³-hybridized carbons (Fsp3) is 0.429. The summed E-state index contributed by atoms with van der Waals surface area (Å²) in [6.45, 7) is 5.84. The van der Waals surface area contributed by atoms with E-state index in [2.05, 4.69) is 0 Å². The van der Waals surface area contributed by atoms with Crippen molar-refractivity contribution in [1.29, 1.82) is 0 Å². The van der Waals surface area contributed by atoms with Gasteiger partial charge in [0, 0.05) is 12.0 Å². The summed E-state index contributed by atoms with van der Waals surface area (Å²) in [6, 6.07) is 5.63. The Morgan fingerprint density at radius 3 is 2.50 bits per heavy atom. The van der Waals surface area contributed by atoms with Crippen LogP contribution in [0.5, 0.6) is 0 Å². The number of benzene rings is 1. The van der Waals surface area contributed by atoms with E-state index in [1.807, 2.05) is 32.9 Å². The molecule has 0 bridgehead atoms. The minimum atomic E-state index is -0.0559. The molecule has 1 aromatic rings. The lowest BCUT2D eigenvalue weighted by molar-refractivity contribution is -0.118. The molecule has 1 rings (SSSR count). The van der Waals surface area contributed by atoms with Crippen LogP contribution in [0.3, 0.4) is 0 Å². The molecule has 0 aliphatic carbocycles. The lowest BCUT2D eigenvalue weighted by Crippen LogP contribution is -2.09. The van der Waals surface area contributed by atoms with E-state index < -0.39 is 0 Å². The van der Waals surface area contributed by atoms with Gasteiger partial charge in [0.15, 0.2) is 5.78 Å². The molecule has 0 aromatic heterocycles. The molecule has 0 heterocycles. The fourth-order valence-corrected chi connectivity index (χ4v) is 1.69. The van der Waals surface area contributed by atoms with Crippen molar-refractivity contribution in [3.05, 3.63) is 34.9 Å². The number of rotatable bonds is 5. The second-order valence-electron chi connectivity index (χ2n) is 4.14. The lowest BCUT2D eigenvalue weighted by atomic mass is 9.97. The maximum atomic E-state index is 11.9. The molecule has 16 heavy (non-hydrogen) atoms. The summed E-state index contributed by atoms with van der Waals surface area (Å²) < 4.78 is 0. The number of carbonyl (C=O) groups excluding carboxylic acids is 2. The highest BCUT2D eigenvalue weighted by Gasteiger charge is 2.13. The van der Waals surface area contributed by atoms with Gasteiger partial charge in [0.05, 0.1) is 6.42 Å². The number of hydrogen-bond donors (Lipinski definition) is 0. The molecule has 0 aliphatic rings. The van der Waals surface area contributed by atoms with E-state index in [4.69, 9.17) is 0 Å². The van der Waals surface area contributed by atoms with Gasteiger partial charge in [-0.25, -0.2) is 0 Å². The Bertz CT molecular complexity index is 405. The van der Waals surface area contributed by atoms with E-state index in [0.717, 1.165) is 17.5 Å². The van der Waals surface area contributed by atoms with Crippen molar-refractivity contribution in [2.24, 2.45) is 0 Å². The normalized spacial score (nSPS) is 10.2. The Morgan fingerprint density at radius 2 is 1.88 bits per heavy atom. The van der Waals surface area contributed by atoms with Crippen molar-refractivity contribution in [2.75, 3.05) is 0 Å². The molecule has 2 nitrogen and oxygen atoms in total. The highest BCUT2D eigenvalue weighted by molar-refractivity contribution is 6.08. The third-order valence-electron chi connectivity index (χ3n) is 2.79. The standard InChI is InChI=1S/C14H18O2/c1-4-6-12(15)9-14(16)13-8-5-7-10(2)11(13)3/h5,7-8H,4,6,9H2,1-3H3. The Kier molecular flexibility index (Phi) is 4.41. The smallest absolute Gasteiger partial charge is 0.170 e. The highest BCUT2D eigenvalue weighted by Crippen LogP contribution is 2.15. The van der Waals surface area contributed by atoms with Gasteiger partial charge in [-0.05, 0) is 31.4 Å². The minimum Gasteiger partial charge on any atom is -0.299 e. The number of carbonyl (C=O) groups is 2. The van der Waals surface area contributed by atoms with Crippen LogP contribution < -0.4 is 0 Å². The van der Waals surface area contributed by atoms with E-state index in [-0.39, 0.29) is 18.0 Å². The Balaban J connectivity index is 2.81. The first-order valence-corrected chi connectivity index (χ1v) is 5.67. The molecule has 0 N–H and O–H groups in total. The molecule has 0 fully saturated rings. The molecule has 0 radical (unpaired) electrons. The number of aryl methyl sites for hydroxylation is 1. The summed E-state index contributed by atoms with van der Waals surface area (Å²) in [7, 11) is 0. The average Bonchev–Trinajstić information content (AvgIpc) is 2.22. The zero-order valence-electron chi connectivity index (χ0n) is 10.2. The monoisotopic (exact) mass is 218 g/mol. The fourth-order valence-electron chi connectivity index (χ4n) is 1.69. The summed E-state index contributed by atoms with van der Waals surface area (Å²) in [5, 5.41) is 0. The van der Waals surface area contributed by atoms with Gasteiger partial charge in [0.1, 0.15) is 5.78 Å².